The van der Waals surface area contributed by atoms with Crippen LogP contribution in [0.15, 0.2) is 12.1 Å². The van der Waals surface area contributed by atoms with Crippen molar-refractivity contribution in [1.29, 1.82) is 0 Å². The van der Waals surface area contributed by atoms with Crippen LogP contribution in [0.4, 0.5) is 5.69 Å². The highest BCUT2D eigenvalue weighted by atomic mass is 16.2. The van der Waals surface area contributed by atoms with E-state index in [0.29, 0.717) is 6.54 Å². The predicted octanol–water partition coefficient (Wildman–Crippen LogP) is 2.15. The Bertz CT molecular complexity index is 426. The Morgan fingerprint density at radius 1 is 1.38 bits per heavy atom. The molecule has 1 aromatic rings. The second kappa shape index (κ2) is 4.26. The molecule has 0 aliphatic carbocycles. The summed E-state index contributed by atoms with van der Waals surface area (Å²) in [6, 6.07) is 4.23. The number of benzene rings is 1. The molecule has 0 spiro atoms. The van der Waals surface area contributed by atoms with Gasteiger partial charge in [0.2, 0.25) is 5.91 Å². The Morgan fingerprint density at radius 3 is 2.69 bits per heavy atom. The average Bonchev–Trinajstić information content (AvgIpc) is 2.62. The third-order valence-electron chi connectivity index (χ3n) is 3.29. The lowest BCUT2D eigenvalue weighted by atomic mass is 9.93. The molecule has 1 atom stereocenters. The van der Waals surface area contributed by atoms with Crippen molar-refractivity contribution < 1.29 is 4.79 Å². The summed E-state index contributed by atoms with van der Waals surface area (Å²) in [6.45, 7) is 4.64. The van der Waals surface area contributed by atoms with Gasteiger partial charge in [0.25, 0.3) is 0 Å². The van der Waals surface area contributed by atoms with E-state index >= 15 is 0 Å². The lowest BCUT2D eigenvalue weighted by molar-refractivity contribution is -0.117. The molecular formula is C13H18N2O. The maximum Gasteiger partial charge on any atom is 0.232 e. The summed E-state index contributed by atoms with van der Waals surface area (Å²) in [5, 5.41) is 2.95. The molecular weight excluding hydrogens is 200 g/mol. The molecule has 86 valence electrons. The third kappa shape index (κ3) is 1.61. The summed E-state index contributed by atoms with van der Waals surface area (Å²) >= 11 is 0. The largest absolute Gasteiger partial charge is 0.326 e. The summed E-state index contributed by atoms with van der Waals surface area (Å²) in [7, 11) is 0. The molecule has 0 radical (unpaired) electrons. The normalized spacial score (nSPS) is 18.4. The van der Waals surface area contributed by atoms with Crippen LogP contribution in [-0.2, 0) is 17.8 Å². The number of anilines is 1. The van der Waals surface area contributed by atoms with Gasteiger partial charge in [-0.15, -0.1) is 0 Å². The van der Waals surface area contributed by atoms with Crippen molar-refractivity contribution in [2.24, 2.45) is 5.73 Å². The molecule has 3 heteroatoms. The number of aryl methyl sites for hydroxylation is 1. The van der Waals surface area contributed by atoms with Crippen LogP contribution in [-0.4, -0.2) is 5.91 Å². The summed E-state index contributed by atoms with van der Waals surface area (Å²) in [5.41, 5.74) is 10.1. The van der Waals surface area contributed by atoms with E-state index < -0.39 is 0 Å². The Morgan fingerprint density at radius 2 is 2.12 bits per heavy atom. The highest BCUT2D eigenvalue weighted by Gasteiger charge is 2.30. The fourth-order valence-corrected chi connectivity index (χ4v) is 2.34. The first-order chi connectivity index (χ1) is 7.71. The van der Waals surface area contributed by atoms with Crippen LogP contribution in [0.5, 0.6) is 0 Å². The van der Waals surface area contributed by atoms with E-state index in [1.54, 1.807) is 0 Å². The van der Waals surface area contributed by atoms with Crippen LogP contribution < -0.4 is 11.1 Å². The van der Waals surface area contributed by atoms with Gasteiger partial charge in [-0.05, 0) is 29.5 Å². The zero-order valence-corrected chi connectivity index (χ0v) is 9.84. The van der Waals surface area contributed by atoms with Gasteiger partial charge in [0, 0.05) is 12.2 Å². The summed E-state index contributed by atoms with van der Waals surface area (Å²) in [6.07, 6.45) is 1.82. The Balaban J connectivity index is 2.55. The highest BCUT2D eigenvalue weighted by molar-refractivity contribution is 6.03. The number of fused-ring (bicyclic) bond motifs is 1. The molecule has 0 saturated heterocycles. The molecule has 1 amide bonds. The summed E-state index contributed by atoms with van der Waals surface area (Å²) in [5.74, 6) is 0.118. The van der Waals surface area contributed by atoms with Gasteiger partial charge in [0.1, 0.15) is 0 Å². The molecule has 1 aromatic carbocycles. The Hall–Kier alpha value is -1.35. The smallest absolute Gasteiger partial charge is 0.232 e. The van der Waals surface area contributed by atoms with Crippen molar-refractivity contribution in [3.8, 4) is 0 Å². The number of carbonyl (C=O) groups excluding carboxylic acids is 1. The van der Waals surface area contributed by atoms with E-state index in [4.69, 9.17) is 5.73 Å². The first-order valence-corrected chi connectivity index (χ1v) is 5.87. The van der Waals surface area contributed by atoms with Gasteiger partial charge in [-0.3, -0.25) is 4.79 Å². The van der Waals surface area contributed by atoms with Gasteiger partial charge >= 0.3 is 0 Å². The van der Waals surface area contributed by atoms with Crippen molar-refractivity contribution in [3.05, 3.63) is 28.8 Å². The number of nitrogens with one attached hydrogen (secondary N) is 1. The number of carbonyl (C=O) groups is 1. The topological polar surface area (TPSA) is 55.1 Å². The molecule has 0 saturated carbocycles. The Labute approximate surface area is 96.0 Å². The number of amides is 1. The number of rotatable bonds is 3. The molecule has 3 N–H and O–H groups in total. The molecule has 3 nitrogen and oxygen atoms in total. The second-order valence-corrected chi connectivity index (χ2v) is 4.23. The second-order valence-electron chi connectivity index (χ2n) is 4.23. The fourth-order valence-electron chi connectivity index (χ4n) is 2.34. The van der Waals surface area contributed by atoms with Crippen molar-refractivity contribution >= 4 is 11.6 Å². The van der Waals surface area contributed by atoms with Gasteiger partial charge in [0.15, 0.2) is 0 Å². The van der Waals surface area contributed by atoms with E-state index in [-0.39, 0.29) is 11.8 Å². The van der Waals surface area contributed by atoms with Crippen LogP contribution >= 0.6 is 0 Å². The monoisotopic (exact) mass is 218 g/mol. The maximum atomic E-state index is 11.8. The van der Waals surface area contributed by atoms with E-state index in [1.165, 1.54) is 5.56 Å². The Kier molecular flexibility index (Phi) is 2.97. The van der Waals surface area contributed by atoms with E-state index in [9.17, 15) is 4.79 Å². The van der Waals surface area contributed by atoms with Gasteiger partial charge < -0.3 is 11.1 Å². The minimum absolute atomic E-state index is 0.00630. The molecule has 1 aliphatic heterocycles. The van der Waals surface area contributed by atoms with Crippen molar-refractivity contribution in [3.63, 3.8) is 0 Å². The van der Waals surface area contributed by atoms with Crippen LogP contribution in [0, 0.1) is 0 Å². The van der Waals surface area contributed by atoms with Gasteiger partial charge in [-0.25, -0.2) is 0 Å². The minimum Gasteiger partial charge on any atom is -0.326 e. The summed E-state index contributed by atoms with van der Waals surface area (Å²) in [4.78, 5) is 11.8. The molecule has 0 fully saturated rings. The first-order valence-electron chi connectivity index (χ1n) is 5.87. The quantitative estimate of drug-likeness (QED) is 0.816. The molecule has 1 heterocycles. The van der Waals surface area contributed by atoms with Crippen LogP contribution in [0.3, 0.4) is 0 Å². The number of nitrogens with two attached hydrogens (primary N) is 1. The van der Waals surface area contributed by atoms with E-state index in [0.717, 1.165) is 29.7 Å². The van der Waals surface area contributed by atoms with Gasteiger partial charge in [0.05, 0.1) is 5.92 Å². The molecule has 16 heavy (non-hydrogen) atoms. The lowest BCUT2D eigenvalue weighted by Crippen LogP contribution is -2.11. The standard InChI is InChI=1S/C13H18N2O/c1-3-8-5-9(7-14)12-11(6-8)10(4-2)13(16)15-12/h5-6,10H,3-4,7,14H2,1-2H3,(H,15,16). The number of hydrogen-bond donors (Lipinski definition) is 2. The maximum absolute atomic E-state index is 11.8. The average molecular weight is 218 g/mol. The SMILES string of the molecule is CCc1cc(CN)c2c(c1)C(CC)C(=O)N2. The van der Waals surface area contributed by atoms with E-state index in [1.807, 2.05) is 6.92 Å². The first kappa shape index (κ1) is 11.1. The molecule has 1 aliphatic rings. The zero-order valence-electron chi connectivity index (χ0n) is 9.84. The highest BCUT2D eigenvalue weighted by Crippen LogP contribution is 2.37. The molecule has 2 rings (SSSR count). The van der Waals surface area contributed by atoms with Crippen molar-refractivity contribution in [1.82, 2.24) is 0 Å². The minimum atomic E-state index is 0.00630. The van der Waals surface area contributed by atoms with Crippen LogP contribution in [0.1, 0.15) is 42.9 Å². The lowest BCUT2D eigenvalue weighted by Gasteiger charge is -2.10. The van der Waals surface area contributed by atoms with Crippen LogP contribution in [0.2, 0.25) is 0 Å². The molecule has 1 unspecified atom stereocenters. The van der Waals surface area contributed by atoms with Crippen molar-refractivity contribution in [2.75, 3.05) is 5.32 Å². The van der Waals surface area contributed by atoms with E-state index in [2.05, 4.69) is 24.4 Å². The third-order valence-corrected chi connectivity index (χ3v) is 3.29. The molecule has 0 aromatic heterocycles. The predicted molar refractivity (Wildman–Crippen MR) is 65.4 cm³/mol. The van der Waals surface area contributed by atoms with Crippen LogP contribution in [0.25, 0.3) is 0 Å². The molecule has 0 bridgehead atoms. The number of hydrogen-bond acceptors (Lipinski definition) is 2. The van der Waals surface area contributed by atoms with Crippen molar-refractivity contribution in [2.45, 2.75) is 39.2 Å². The van der Waals surface area contributed by atoms with Gasteiger partial charge in [-0.1, -0.05) is 26.0 Å². The van der Waals surface area contributed by atoms with Gasteiger partial charge in [-0.2, -0.15) is 0 Å². The zero-order chi connectivity index (χ0) is 11.7. The fraction of sp³-hybridized carbons (Fsp3) is 0.462. The summed E-state index contributed by atoms with van der Waals surface area (Å²) < 4.78 is 0.